The Balaban J connectivity index is 1.76. The van der Waals surface area contributed by atoms with Gasteiger partial charge in [-0.25, -0.2) is 4.39 Å². The van der Waals surface area contributed by atoms with Gasteiger partial charge in [0.05, 0.1) is 12.7 Å². The monoisotopic (exact) mass is 278 g/mol. The molecule has 0 bridgehead atoms. The van der Waals surface area contributed by atoms with Crippen LogP contribution in [0.2, 0.25) is 0 Å². The molecule has 20 heavy (non-hydrogen) atoms. The van der Waals surface area contributed by atoms with E-state index < -0.39 is 0 Å². The van der Waals surface area contributed by atoms with Gasteiger partial charge < -0.3 is 10.5 Å². The van der Waals surface area contributed by atoms with Gasteiger partial charge in [-0.05, 0) is 12.8 Å². The van der Waals surface area contributed by atoms with Gasteiger partial charge in [0.15, 0.2) is 0 Å². The number of hydrogen-bond donors (Lipinski definition) is 1. The van der Waals surface area contributed by atoms with E-state index in [4.69, 9.17) is 10.5 Å². The molecule has 1 aliphatic carbocycles. The Morgan fingerprint density at radius 1 is 1.25 bits per heavy atom. The Labute approximate surface area is 119 Å². The first-order valence-corrected chi connectivity index (χ1v) is 7.61. The van der Waals surface area contributed by atoms with Gasteiger partial charge >= 0.3 is 0 Å². The minimum Gasteiger partial charge on any atom is -0.375 e. The minimum atomic E-state index is -0.131. The predicted molar refractivity (Wildman–Crippen MR) is 76.7 cm³/mol. The summed E-state index contributed by atoms with van der Waals surface area (Å²) in [5.74, 6) is -0.131. The lowest BCUT2D eigenvalue weighted by Gasteiger charge is -2.44. The van der Waals surface area contributed by atoms with E-state index in [1.54, 1.807) is 6.07 Å². The molecule has 1 saturated carbocycles. The Hall–Kier alpha value is -0.970. The van der Waals surface area contributed by atoms with Gasteiger partial charge in [-0.2, -0.15) is 0 Å². The largest absolute Gasteiger partial charge is 0.375 e. The summed E-state index contributed by atoms with van der Waals surface area (Å²) >= 11 is 0. The maximum absolute atomic E-state index is 14.3. The highest BCUT2D eigenvalue weighted by atomic mass is 19.1. The fraction of sp³-hybridized carbons (Fsp3) is 0.625. The summed E-state index contributed by atoms with van der Waals surface area (Å²) < 4.78 is 20.2. The molecule has 1 aromatic rings. The van der Waals surface area contributed by atoms with E-state index in [1.165, 1.54) is 19.3 Å². The quantitative estimate of drug-likeness (QED) is 0.923. The van der Waals surface area contributed by atoms with Crippen molar-refractivity contribution in [1.82, 2.24) is 4.90 Å². The summed E-state index contributed by atoms with van der Waals surface area (Å²) in [5, 5.41) is 0. The van der Waals surface area contributed by atoms with Crippen LogP contribution >= 0.6 is 0 Å². The van der Waals surface area contributed by atoms with Gasteiger partial charge in [0, 0.05) is 36.8 Å². The highest BCUT2D eigenvalue weighted by molar-refractivity contribution is 5.26. The smallest absolute Gasteiger partial charge is 0.132 e. The summed E-state index contributed by atoms with van der Waals surface area (Å²) in [7, 11) is 0. The molecule has 2 unspecified atom stereocenters. The van der Waals surface area contributed by atoms with Crippen LogP contribution in [0.15, 0.2) is 18.2 Å². The number of nitrogens with zero attached hydrogens (tertiary/aromatic N) is 1. The average Bonchev–Trinajstić information content (AvgIpc) is 2.50. The molecule has 4 heteroatoms. The predicted octanol–water partition coefficient (Wildman–Crippen LogP) is 2.43. The number of morpholine rings is 1. The Morgan fingerprint density at radius 3 is 2.90 bits per heavy atom. The Kier molecular flexibility index (Phi) is 4.34. The highest BCUT2D eigenvalue weighted by Crippen LogP contribution is 2.30. The maximum Gasteiger partial charge on any atom is 0.132 e. The van der Waals surface area contributed by atoms with Crippen molar-refractivity contribution in [2.24, 2.45) is 5.73 Å². The summed E-state index contributed by atoms with van der Waals surface area (Å²) in [6.45, 7) is 2.59. The molecule has 2 atom stereocenters. The number of ether oxygens (including phenoxy) is 1. The number of fused-ring (bicyclic) bond motifs is 1. The molecule has 110 valence electrons. The van der Waals surface area contributed by atoms with Crippen molar-refractivity contribution < 1.29 is 9.13 Å². The van der Waals surface area contributed by atoms with Crippen LogP contribution in [0, 0.1) is 5.82 Å². The average molecular weight is 278 g/mol. The summed E-state index contributed by atoms with van der Waals surface area (Å²) in [4.78, 5) is 2.39. The van der Waals surface area contributed by atoms with Crippen LogP contribution in [0.25, 0.3) is 0 Å². The van der Waals surface area contributed by atoms with Crippen LogP contribution in [0.3, 0.4) is 0 Å². The first-order chi connectivity index (χ1) is 9.79. The van der Waals surface area contributed by atoms with E-state index in [0.717, 1.165) is 25.1 Å². The zero-order valence-corrected chi connectivity index (χ0v) is 11.9. The summed E-state index contributed by atoms with van der Waals surface area (Å²) in [5.41, 5.74) is 6.96. The van der Waals surface area contributed by atoms with Crippen LogP contribution in [-0.4, -0.2) is 30.2 Å². The van der Waals surface area contributed by atoms with Crippen LogP contribution in [0.1, 0.15) is 36.8 Å². The fourth-order valence-corrected chi connectivity index (χ4v) is 3.50. The number of nitrogens with two attached hydrogens (primary N) is 1. The van der Waals surface area contributed by atoms with E-state index in [0.29, 0.717) is 24.3 Å². The van der Waals surface area contributed by atoms with Crippen molar-refractivity contribution in [3.63, 3.8) is 0 Å². The number of halogens is 1. The SMILES string of the molecule is NCc1cccc(CN2CCOC3CCCCC32)c1F. The van der Waals surface area contributed by atoms with Crippen molar-refractivity contribution >= 4 is 0 Å². The van der Waals surface area contributed by atoms with Crippen LogP contribution < -0.4 is 5.73 Å². The third-order valence-electron chi connectivity index (χ3n) is 4.60. The number of hydrogen-bond acceptors (Lipinski definition) is 3. The van der Waals surface area contributed by atoms with E-state index in [1.807, 2.05) is 12.1 Å². The van der Waals surface area contributed by atoms with Crippen LogP contribution in [-0.2, 0) is 17.8 Å². The zero-order chi connectivity index (χ0) is 13.9. The molecular formula is C16H23FN2O. The highest BCUT2D eigenvalue weighted by Gasteiger charge is 2.34. The molecule has 1 heterocycles. The van der Waals surface area contributed by atoms with E-state index in [9.17, 15) is 4.39 Å². The molecule has 0 radical (unpaired) electrons. The van der Waals surface area contributed by atoms with Crippen molar-refractivity contribution in [2.75, 3.05) is 13.2 Å². The maximum atomic E-state index is 14.3. The van der Waals surface area contributed by atoms with Gasteiger partial charge in [-0.15, -0.1) is 0 Å². The molecule has 1 aromatic carbocycles. The number of rotatable bonds is 3. The van der Waals surface area contributed by atoms with E-state index >= 15 is 0 Å². The molecule has 1 aliphatic heterocycles. The van der Waals surface area contributed by atoms with Crippen molar-refractivity contribution in [3.8, 4) is 0 Å². The van der Waals surface area contributed by atoms with E-state index in [-0.39, 0.29) is 12.4 Å². The first kappa shape index (κ1) is 14.0. The molecule has 2 aliphatic rings. The number of benzene rings is 1. The molecular weight excluding hydrogens is 255 g/mol. The molecule has 3 nitrogen and oxygen atoms in total. The molecule has 3 rings (SSSR count). The lowest BCUT2D eigenvalue weighted by atomic mass is 9.90. The third kappa shape index (κ3) is 2.73. The van der Waals surface area contributed by atoms with Crippen LogP contribution in [0.5, 0.6) is 0 Å². The van der Waals surface area contributed by atoms with Crippen molar-refractivity contribution in [2.45, 2.75) is 50.9 Å². The summed E-state index contributed by atoms with van der Waals surface area (Å²) in [6.07, 6.45) is 5.17. The van der Waals surface area contributed by atoms with Gasteiger partial charge in [0.25, 0.3) is 0 Å². The lowest BCUT2D eigenvalue weighted by Crippen LogP contribution is -2.52. The van der Waals surface area contributed by atoms with E-state index in [2.05, 4.69) is 4.90 Å². The zero-order valence-electron chi connectivity index (χ0n) is 11.9. The fourth-order valence-electron chi connectivity index (χ4n) is 3.50. The summed E-state index contributed by atoms with van der Waals surface area (Å²) in [6, 6.07) is 6.00. The molecule has 2 fully saturated rings. The minimum absolute atomic E-state index is 0.131. The van der Waals surface area contributed by atoms with Gasteiger partial charge in [-0.1, -0.05) is 31.0 Å². The standard InChI is InChI=1S/C16H23FN2O/c17-16-12(10-18)4-3-5-13(16)11-19-8-9-20-15-7-2-1-6-14(15)19/h3-5,14-15H,1-2,6-11,18H2. The topological polar surface area (TPSA) is 38.5 Å². The normalized spacial score (nSPS) is 27.3. The second kappa shape index (κ2) is 6.20. The third-order valence-corrected chi connectivity index (χ3v) is 4.60. The van der Waals surface area contributed by atoms with Gasteiger partial charge in [0.1, 0.15) is 5.82 Å². The Morgan fingerprint density at radius 2 is 2.05 bits per heavy atom. The second-order valence-electron chi connectivity index (χ2n) is 5.83. The molecule has 0 aromatic heterocycles. The van der Waals surface area contributed by atoms with Crippen molar-refractivity contribution in [3.05, 3.63) is 35.1 Å². The van der Waals surface area contributed by atoms with Crippen LogP contribution in [0.4, 0.5) is 4.39 Å². The first-order valence-electron chi connectivity index (χ1n) is 7.61. The van der Waals surface area contributed by atoms with Crippen molar-refractivity contribution in [1.29, 1.82) is 0 Å². The second-order valence-corrected chi connectivity index (χ2v) is 5.83. The molecule has 0 amide bonds. The molecule has 0 spiro atoms. The van der Waals surface area contributed by atoms with Gasteiger partial charge in [0.2, 0.25) is 0 Å². The van der Waals surface area contributed by atoms with Gasteiger partial charge in [-0.3, -0.25) is 4.90 Å². The molecule has 2 N–H and O–H groups in total. The lowest BCUT2D eigenvalue weighted by molar-refractivity contribution is -0.0913. The Bertz CT molecular complexity index is 464. The molecule has 1 saturated heterocycles.